The van der Waals surface area contributed by atoms with Crippen LogP contribution in [0.25, 0.3) is 0 Å². The third kappa shape index (κ3) is 3.27. The minimum atomic E-state index is -0.474. The zero-order valence-corrected chi connectivity index (χ0v) is 12.5. The third-order valence-corrected chi connectivity index (χ3v) is 6.75. The van der Waals surface area contributed by atoms with Gasteiger partial charge >= 0.3 is 0 Å². The van der Waals surface area contributed by atoms with Gasteiger partial charge in [0.25, 0.3) is 0 Å². The largest absolute Gasteiger partial charge is 0.387 e. The van der Waals surface area contributed by atoms with Crippen LogP contribution in [-0.2, 0) is 0 Å². The number of hydrogen-bond donors (Lipinski definition) is 1. The number of aliphatic hydroxyl groups excluding tert-OH is 1. The van der Waals surface area contributed by atoms with E-state index in [1.807, 2.05) is 29.6 Å². The standard InChI is InChI=1S/C12H14Cl2OS2/c1-7-12(17-5-4-16-7)11(15)8-2-3-9(13)10(14)6-8/h2-3,6-7,11-12,15H,4-5H2,1H3. The first-order chi connectivity index (χ1) is 8.09. The van der Waals surface area contributed by atoms with E-state index >= 15 is 0 Å². The second-order valence-electron chi connectivity index (χ2n) is 4.03. The smallest absolute Gasteiger partial charge is 0.0919 e. The van der Waals surface area contributed by atoms with E-state index in [1.165, 1.54) is 0 Å². The molecule has 1 fully saturated rings. The predicted molar refractivity (Wildman–Crippen MR) is 79.6 cm³/mol. The fourth-order valence-electron chi connectivity index (χ4n) is 1.88. The first kappa shape index (κ1) is 13.9. The molecule has 0 radical (unpaired) electrons. The first-order valence-corrected chi connectivity index (χ1v) is 8.31. The molecule has 1 saturated heterocycles. The Morgan fingerprint density at radius 3 is 2.59 bits per heavy atom. The predicted octanol–water partition coefficient (Wildman–Crippen LogP) is 4.26. The molecule has 1 nitrogen and oxygen atoms in total. The van der Waals surface area contributed by atoms with Crippen molar-refractivity contribution < 1.29 is 5.11 Å². The maximum Gasteiger partial charge on any atom is 0.0919 e. The summed E-state index contributed by atoms with van der Waals surface area (Å²) in [5.74, 6) is 2.26. The zero-order valence-electron chi connectivity index (χ0n) is 9.40. The lowest BCUT2D eigenvalue weighted by Crippen LogP contribution is -2.29. The highest BCUT2D eigenvalue weighted by atomic mass is 35.5. The topological polar surface area (TPSA) is 20.2 Å². The van der Waals surface area contributed by atoms with Crippen molar-refractivity contribution in [1.82, 2.24) is 0 Å². The van der Waals surface area contributed by atoms with Crippen molar-refractivity contribution in [2.75, 3.05) is 11.5 Å². The highest BCUT2D eigenvalue weighted by molar-refractivity contribution is 8.07. The Hall–Kier alpha value is 0.460. The first-order valence-electron chi connectivity index (χ1n) is 5.46. The molecule has 1 N–H and O–H groups in total. The van der Waals surface area contributed by atoms with Crippen molar-refractivity contribution in [1.29, 1.82) is 0 Å². The van der Waals surface area contributed by atoms with Gasteiger partial charge in [-0.3, -0.25) is 0 Å². The van der Waals surface area contributed by atoms with Crippen LogP contribution in [0.2, 0.25) is 10.0 Å². The number of halogens is 2. The van der Waals surface area contributed by atoms with Gasteiger partial charge in [-0.1, -0.05) is 36.2 Å². The van der Waals surface area contributed by atoms with Crippen LogP contribution < -0.4 is 0 Å². The summed E-state index contributed by atoms with van der Waals surface area (Å²) in [6, 6.07) is 5.36. The van der Waals surface area contributed by atoms with Crippen molar-refractivity contribution >= 4 is 46.7 Å². The van der Waals surface area contributed by atoms with Crippen molar-refractivity contribution in [3.8, 4) is 0 Å². The summed E-state index contributed by atoms with van der Waals surface area (Å²) in [4.78, 5) is 0. The molecular formula is C12H14Cl2OS2. The lowest BCUT2D eigenvalue weighted by atomic mass is 10.0. The quantitative estimate of drug-likeness (QED) is 0.881. The molecule has 1 aromatic carbocycles. The molecule has 0 amide bonds. The Balaban J connectivity index is 2.17. The van der Waals surface area contributed by atoms with Gasteiger partial charge in [-0.15, -0.1) is 0 Å². The van der Waals surface area contributed by atoms with Gasteiger partial charge in [0.05, 0.1) is 16.1 Å². The Labute approximate surface area is 120 Å². The Morgan fingerprint density at radius 1 is 1.24 bits per heavy atom. The van der Waals surface area contributed by atoms with Crippen LogP contribution in [0.1, 0.15) is 18.6 Å². The van der Waals surface area contributed by atoms with Crippen molar-refractivity contribution in [3.05, 3.63) is 33.8 Å². The van der Waals surface area contributed by atoms with E-state index < -0.39 is 6.10 Å². The molecule has 0 saturated carbocycles. The monoisotopic (exact) mass is 308 g/mol. The second kappa shape index (κ2) is 6.07. The number of benzene rings is 1. The summed E-state index contributed by atoms with van der Waals surface area (Å²) in [6.07, 6.45) is -0.474. The van der Waals surface area contributed by atoms with Crippen molar-refractivity contribution in [2.45, 2.75) is 23.5 Å². The van der Waals surface area contributed by atoms with Crippen molar-refractivity contribution in [3.63, 3.8) is 0 Å². The zero-order chi connectivity index (χ0) is 12.4. The summed E-state index contributed by atoms with van der Waals surface area (Å²) < 4.78 is 0. The minimum Gasteiger partial charge on any atom is -0.387 e. The van der Waals surface area contributed by atoms with E-state index in [2.05, 4.69) is 6.92 Å². The third-order valence-electron chi connectivity index (χ3n) is 2.83. The maximum absolute atomic E-state index is 10.4. The van der Waals surface area contributed by atoms with Crippen LogP contribution in [0.15, 0.2) is 18.2 Å². The van der Waals surface area contributed by atoms with Crippen LogP contribution in [0, 0.1) is 0 Å². The van der Waals surface area contributed by atoms with Gasteiger partial charge in [0.2, 0.25) is 0 Å². The molecule has 94 valence electrons. The van der Waals surface area contributed by atoms with Gasteiger partial charge in [0, 0.05) is 22.0 Å². The highest BCUT2D eigenvalue weighted by Gasteiger charge is 2.30. The fourth-order valence-corrected chi connectivity index (χ4v) is 5.02. The van der Waals surface area contributed by atoms with E-state index in [9.17, 15) is 5.11 Å². The number of hydrogen-bond acceptors (Lipinski definition) is 3. The molecule has 1 heterocycles. The fraction of sp³-hybridized carbons (Fsp3) is 0.500. The molecule has 17 heavy (non-hydrogen) atoms. The van der Waals surface area contributed by atoms with Crippen LogP contribution in [0.4, 0.5) is 0 Å². The van der Waals surface area contributed by atoms with E-state index in [-0.39, 0.29) is 5.25 Å². The number of thioether (sulfide) groups is 2. The molecule has 0 bridgehead atoms. The summed E-state index contributed by atoms with van der Waals surface area (Å²) in [6.45, 7) is 2.17. The number of aliphatic hydroxyl groups is 1. The van der Waals surface area contributed by atoms with Crippen LogP contribution in [0.3, 0.4) is 0 Å². The van der Waals surface area contributed by atoms with E-state index in [4.69, 9.17) is 23.2 Å². The average Bonchev–Trinajstić information content (AvgIpc) is 2.32. The highest BCUT2D eigenvalue weighted by Crippen LogP contribution is 2.39. The molecule has 0 spiro atoms. The van der Waals surface area contributed by atoms with Gasteiger partial charge in [0.1, 0.15) is 0 Å². The molecule has 3 atom stereocenters. The van der Waals surface area contributed by atoms with Crippen LogP contribution >= 0.6 is 46.7 Å². The lowest BCUT2D eigenvalue weighted by Gasteiger charge is -2.31. The molecule has 1 aliphatic heterocycles. The molecule has 3 unspecified atom stereocenters. The Morgan fingerprint density at radius 2 is 1.94 bits per heavy atom. The van der Waals surface area contributed by atoms with Gasteiger partial charge in [0.15, 0.2) is 0 Å². The van der Waals surface area contributed by atoms with Gasteiger partial charge in [-0.05, 0) is 17.7 Å². The molecule has 1 aromatic rings. The summed E-state index contributed by atoms with van der Waals surface area (Å²) >= 11 is 15.6. The van der Waals surface area contributed by atoms with Gasteiger partial charge in [-0.25, -0.2) is 0 Å². The molecule has 0 aliphatic carbocycles. The van der Waals surface area contributed by atoms with Gasteiger partial charge in [-0.2, -0.15) is 23.5 Å². The lowest BCUT2D eigenvalue weighted by molar-refractivity contribution is 0.174. The average molecular weight is 309 g/mol. The summed E-state index contributed by atoms with van der Waals surface area (Å²) in [5.41, 5.74) is 0.853. The van der Waals surface area contributed by atoms with Crippen LogP contribution in [-0.4, -0.2) is 27.1 Å². The molecule has 0 aromatic heterocycles. The second-order valence-corrected chi connectivity index (χ2v) is 7.62. The minimum absolute atomic E-state index is 0.228. The molecular weight excluding hydrogens is 295 g/mol. The molecule has 1 aliphatic rings. The van der Waals surface area contributed by atoms with Gasteiger partial charge < -0.3 is 5.11 Å². The van der Waals surface area contributed by atoms with E-state index in [1.54, 1.807) is 12.1 Å². The SMILES string of the molecule is CC1SCCSC1C(O)c1ccc(Cl)c(Cl)c1. The number of rotatable bonds is 2. The van der Waals surface area contributed by atoms with E-state index in [0.29, 0.717) is 15.3 Å². The van der Waals surface area contributed by atoms with Crippen LogP contribution in [0.5, 0.6) is 0 Å². The Bertz CT molecular complexity index is 400. The molecule has 5 heteroatoms. The normalized spacial score (nSPS) is 26.8. The summed E-state index contributed by atoms with van der Waals surface area (Å²) in [5, 5.41) is 12.1. The summed E-state index contributed by atoms with van der Waals surface area (Å²) in [7, 11) is 0. The maximum atomic E-state index is 10.4. The molecule has 2 rings (SSSR count). The van der Waals surface area contributed by atoms with Crippen molar-refractivity contribution in [2.24, 2.45) is 0 Å². The Kier molecular flexibility index (Phi) is 4.96. The van der Waals surface area contributed by atoms with E-state index in [0.717, 1.165) is 17.1 Å².